The van der Waals surface area contributed by atoms with Crippen LogP contribution in [0.5, 0.6) is 0 Å². The largest absolute Gasteiger partial charge is 0.376 e. The molecule has 5 heteroatoms. The van der Waals surface area contributed by atoms with Gasteiger partial charge in [0.1, 0.15) is 0 Å². The molecule has 0 aromatic heterocycles. The average Bonchev–Trinajstić information content (AvgIpc) is 3.11. The molecule has 1 aliphatic carbocycles. The molecule has 0 spiro atoms. The minimum Gasteiger partial charge on any atom is -0.376 e. The standard InChI is InChI=1S/C21H21ClN2O2/c1-12(2)13-6-8-14(9-7-13)20-16-5-3-4-15(16)19-18(24(25)26)11-10-17(22)21(19)23-20/h3-4,6-12,15-16,20,23H,5H2,1-2H3/t15-,16-,20+/m1/s1. The van der Waals surface area contributed by atoms with Crippen LogP contribution in [0.25, 0.3) is 0 Å². The average molecular weight is 369 g/mol. The van der Waals surface area contributed by atoms with Crippen molar-refractivity contribution in [1.29, 1.82) is 0 Å². The van der Waals surface area contributed by atoms with Gasteiger partial charge < -0.3 is 5.32 Å². The van der Waals surface area contributed by atoms with E-state index in [1.54, 1.807) is 6.07 Å². The molecule has 4 rings (SSSR count). The fourth-order valence-electron chi connectivity index (χ4n) is 4.23. The first kappa shape index (κ1) is 17.1. The van der Waals surface area contributed by atoms with Crippen LogP contribution in [0.1, 0.15) is 54.8 Å². The molecular weight excluding hydrogens is 348 g/mol. The Labute approximate surface area is 158 Å². The molecule has 2 aromatic rings. The molecule has 26 heavy (non-hydrogen) atoms. The smallest absolute Gasteiger partial charge is 0.275 e. The Bertz CT molecular complexity index is 890. The van der Waals surface area contributed by atoms with E-state index >= 15 is 0 Å². The van der Waals surface area contributed by atoms with Crippen molar-refractivity contribution in [3.63, 3.8) is 0 Å². The molecule has 0 saturated heterocycles. The van der Waals surface area contributed by atoms with Crippen LogP contribution in [0.3, 0.4) is 0 Å². The number of allylic oxidation sites excluding steroid dienone is 2. The lowest BCUT2D eigenvalue weighted by atomic mass is 9.76. The summed E-state index contributed by atoms with van der Waals surface area (Å²) in [5, 5.41) is 15.6. The lowest BCUT2D eigenvalue weighted by Gasteiger charge is -2.37. The van der Waals surface area contributed by atoms with Crippen molar-refractivity contribution >= 4 is 23.0 Å². The monoisotopic (exact) mass is 368 g/mol. The van der Waals surface area contributed by atoms with E-state index in [0.29, 0.717) is 16.6 Å². The summed E-state index contributed by atoms with van der Waals surface area (Å²) < 4.78 is 0. The number of nitro benzene ring substituents is 1. The molecule has 1 N–H and O–H groups in total. The van der Waals surface area contributed by atoms with Crippen molar-refractivity contribution in [3.8, 4) is 0 Å². The maximum atomic E-state index is 11.5. The van der Waals surface area contributed by atoms with Crippen molar-refractivity contribution < 1.29 is 4.92 Å². The molecule has 0 fully saturated rings. The van der Waals surface area contributed by atoms with Gasteiger partial charge in [-0.25, -0.2) is 0 Å². The Hall–Kier alpha value is -2.33. The molecule has 0 saturated carbocycles. The number of hydrogen-bond acceptors (Lipinski definition) is 3. The first-order valence-corrected chi connectivity index (χ1v) is 9.35. The zero-order chi connectivity index (χ0) is 18.4. The Morgan fingerprint density at radius 3 is 2.58 bits per heavy atom. The van der Waals surface area contributed by atoms with E-state index < -0.39 is 0 Å². The molecule has 2 aliphatic rings. The summed E-state index contributed by atoms with van der Waals surface area (Å²) in [5.74, 6) is 0.756. The molecule has 0 unspecified atom stereocenters. The van der Waals surface area contributed by atoms with E-state index in [-0.39, 0.29) is 28.5 Å². The highest BCUT2D eigenvalue weighted by atomic mass is 35.5. The van der Waals surface area contributed by atoms with Crippen molar-refractivity contribution in [1.82, 2.24) is 0 Å². The van der Waals surface area contributed by atoms with Crippen LogP contribution in [0.2, 0.25) is 5.02 Å². The van der Waals surface area contributed by atoms with Crippen molar-refractivity contribution in [2.24, 2.45) is 5.92 Å². The number of fused-ring (bicyclic) bond motifs is 3. The van der Waals surface area contributed by atoms with Crippen LogP contribution in [-0.2, 0) is 0 Å². The normalized spacial score (nSPS) is 23.5. The lowest BCUT2D eigenvalue weighted by molar-refractivity contribution is -0.385. The Morgan fingerprint density at radius 2 is 1.92 bits per heavy atom. The molecule has 134 valence electrons. The van der Waals surface area contributed by atoms with E-state index in [4.69, 9.17) is 11.6 Å². The SMILES string of the molecule is CC(C)c1ccc([C@@H]2Nc3c(Cl)ccc([N+](=O)[O-])c3[C@@H]3C=CC[C@H]32)cc1. The number of benzene rings is 2. The van der Waals surface area contributed by atoms with Gasteiger partial charge >= 0.3 is 0 Å². The third kappa shape index (κ3) is 2.69. The first-order chi connectivity index (χ1) is 12.5. The maximum Gasteiger partial charge on any atom is 0.275 e. The highest BCUT2D eigenvalue weighted by Crippen LogP contribution is 2.54. The van der Waals surface area contributed by atoms with Crippen molar-refractivity contribution in [2.45, 2.75) is 38.1 Å². The van der Waals surface area contributed by atoms with Gasteiger partial charge in [-0.15, -0.1) is 0 Å². The number of nitro groups is 1. The Balaban J connectivity index is 1.80. The second kappa shape index (κ2) is 6.44. The summed E-state index contributed by atoms with van der Waals surface area (Å²) in [5.41, 5.74) is 4.07. The quantitative estimate of drug-likeness (QED) is 0.398. The third-order valence-corrected chi connectivity index (χ3v) is 5.92. The number of rotatable bonds is 3. The van der Waals surface area contributed by atoms with Gasteiger partial charge in [-0.1, -0.05) is 61.9 Å². The van der Waals surface area contributed by atoms with Gasteiger partial charge in [-0.05, 0) is 35.4 Å². The van der Waals surface area contributed by atoms with Gasteiger partial charge in [0.05, 0.1) is 27.2 Å². The van der Waals surface area contributed by atoms with Crippen LogP contribution in [-0.4, -0.2) is 4.92 Å². The number of nitrogens with zero attached hydrogens (tertiary/aromatic N) is 1. The summed E-state index contributed by atoms with van der Waals surface area (Å²) in [4.78, 5) is 11.2. The van der Waals surface area contributed by atoms with E-state index in [1.165, 1.54) is 17.2 Å². The summed E-state index contributed by atoms with van der Waals surface area (Å²) in [6.07, 6.45) is 5.13. The number of hydrogen-bond donors (Lipinski definition) is 1. The zero-order valence-corrected chi connectivity index (χ0v) is 15.5. The molecule has 0 radical (unpaired) electrons. The van der Waals surface area contributed by atoms with Gasteiger partial charge in [0.15, 0.2) is 0 Å². The van der Waals surface area contributed by atoms with Gasteiger partial charge in [0, 0.05) is 12.0 Å². The van der Waals surface area contributed by atoms with E-state index in [9.17, 15) is 10.1 Å². The van der Waals surface area contributed by atoms with Crippen molar-refractivity contribution in [2.75, 3.05) is 5.32 Å². The topological polar surface area (TPSA) is 55.2 Å². The minimum atomic E-state index is -0.308. The highest BCUT2D eigenvalue weighted by molar-refractivity contribution is 6.33. The van der Waals surface area contributed by atoms with Crippen LogP contribution in [0.15, 0.2) is 48.6 Å². The predicted octanol–water partition coefficient (Wildman–Crippen LogP) is 6.20. The fraction of sp³-hybridized carbons (Fsp3) is 0.333. The fourth-order valence-corrected chi connectivity index (χ4v) is 4.45. The molecule has 0 amide bonds. The van der Waals surface area contributed by atoms with Gasteiger partial charge in [0.2, 0.25) is 0 Å². The summed E-state index contributed by atoms with van der Waals surface area (Å²) in [6.45, 7) is 4.36. The number of nitrogens with one attached hydrogen (secondary N) is 1. The van der Waals surface area contributed by atoms with E-state index in [1.807, 2.05) is 0 Å². The summed E-state index contributed by atoms with van der Waals surface area (Å²) in [6, 6.07) is 11.9. The van der Waals surface area contributed by atoms with Crippen LogP contribution < -0.4 is 5.32 Å². The summed E-state index contributed by atoms with van der Waals surface area (Å²) in [7, 11) is 0. The summed E-state index contributed by atoms with van der Waals surface area (Å²) >= 11 is 6.42. The molecule has 3 atom stereocenters. The Kier molecular flexibility index (Phi) is 4.23. The van der Waals surface area contributed by atoms with Crippen molar-refractivity contribution in [3.05, 3.63) is 80.4 Å². The molecular formula is C21H21ClN2O2. The number of halogens is 1. The molecule has 1 heterocycles. The number of anilines is 1. The molecule has 0 bridgehead atoms. The van der Waals surface area contributed by atoms with E-state index in [0.717, 1.165) is 12.0 Å². The maximum absolute atomic E-state index is 11.5. The van der Waals surface area contributed by atoms with Crippen LogP contribution in [0.4, 0.5) is 11.4 Å². The van der Waals surface area contributed by atoms with Gasteiger partial charge in [0.25, 0.3) is 5.69 Å². The van der Waals surface area contributed by atoms with Crippen LogP contribution in [0, 0.1) is 16.0 Å². The molecule has 4 nitrogen and oxygen atoms in total. The first-order valence-electron chi connectivity index (χ1n) is 8.97. The van der Waals surface area contributed by atoms with Gasteiger partial charge in [-0.3, -0.25) is 10.1 Å². The molecule has 2 aromatic carbocycles. The predicted molar refractivity (Wildman–Crippen MR) is 105 cm³/mol. The van der Waals surface area contributed by atoms with E-state index in [2.05, 4.69) is 55.6 Å². The van der Waals surface area contributed by atoms with Gasteiger partial charge in [-0.2, -0.15) is 0 Å². The lowest BCUT2D eigenvalue weighted by Crippen LogP contribution is -2.29. The second-order valence-electron chi connectivity index (χ2n) is 7.41. The zero-order valence-electron chi connectivity index (χ0n) is 14.8. The third-order valence-electron chi connectivity index (χ3n) is 5.60. The molecule has 1 aliphatic heterocycles. The minimum absolute atomic E-state index is 0.0140. The Morgan fingerprint density at radius 1 is 1.19 bits per heavy atom. The second-order valence-corrected chi connectivity index (χ2v) is 7.82. The van der Waals surface area contributed by atoms with Crippen LogP contribution >= 0.6 is 11.6 Å². The highest BCUT2D eigenvalue weighted by Gasteiger charge is 2.42.